The van der Waals surface area contributed by atoms with Crippen LogP contribution in [0.3, 0.4) is 0 Å². The first-order chi connectivity index (χ1) is 11.7. The molecule has 0 amide bonds. The van der Waals surface area contributed by atoms with Crippen molar-refractivity contribution in [2.45, 2.75) is 13.1 Å². The fourth-order valence-electron chi connectivity index (χ4n) is 3.95. The first-order valence-electron chi connectivity index (χ1n) is 8.62. The van der Waals surface area contributed by atoms with Gasteiger partial charge >= 0.3 is 7.12 Å². The first kappa shape index (κ1) is 16.4. The molecule has 0 atom stereocenters. The van der Waals surface area contributed by atoms with Gasteiger partial charge in [-0.05, 0) is 28.6 Å². The van der Waals surface area contributed by atoms with E-state index in [-0.39, 0.29) is 0 Å². The molecule has 1 aromatic rings. The summed E-state index contributed by atoms with van der Waals surface area (Å²) < 4.78 is 8.07. The van der Waals surface area contributed by atoms with Crippen LogP contribution in [0.2, 0.25) is 13.1 Å². The van der Waals surface area contributed by atoms with Gasteiger partial charge in [0.15, 0.2) is 5.71 Å². The molecule has 1 aromatic carbocycles. The molecule has 1 N–H and O–H groups in total. The normalized spacial score (nSPS) is 19.4. The lowest BCUT2D eigenvalue weighted by Crippen LogP contribution is -2.51. The Hall–Kier alpha value is -2.05. The summed E-state index contributed by atoms with van der Waals surface area (Å²) in [5.41, 5.74) is 5.49. The minimum absolute atomic E-state index is 0.843. The van der Waals surface area contributed by atoms with E-state index in [9.17, 15) is 5.02 Å². The van der Waals surface area contributed by atoms with Gasteiger partial charge in [-0.15, -0.1) is 0 Å². The monoisotopic (exact) mass is 351 g/mol. The number of rotatable bonds is 1. The number of benzene rings is 1. The third-order valence-corrected chi connectivity index (χ3v) is 9.00. The summed E-state index contributed by atoms with van der Waals surface area (Å²) in [7, 11) is 5.42. The maximum Gasteiger partial charge on any atom is 0.560 e. The highest BCUT2D eigenvalue weighted by atomic mass is 28.3. The molecule has 0 bridgehead atoms. The molecular weight excluding hydrogens is 327 g/mol. The molecular formula is C19H24BN2O2Si+. The molecule has 1 aliphatic carbocycles. The molecule has 128 valence electrons. The van der Waals surface area contributed by atoms with Crippen LogP contribution < -0.4 is 15.5 Å². The summed E-state index contributed by atoms with van der Waals surface area (Å²) in [5.74, 6) is 0.843. The second-order valence-electron chi connectivity index (χ2n) is 7.90. The number of nitrogens with zero attached hydrogens (tertiary/aromatic N) is 2. The van der Waals surface area contributed by atoms with E-state index in [2.05, 4.69) is 67.0 Å². The van der Waals surface area contributed by atoms with Crippen molar-refractivity contribution in [2.24, 2.45) is 0 Å². The SMILES string of the molecule is CN(C)c1cc2c3c(c1)[Si](C)(C)C1=CC(=[N+](C)C)C=CC1=C3OB2O. The molecule has 4 nitrogen and oxygen atoms in total. The molecule has 0 spiro atoms. The Bertz CT molecular complexity index is 922. The van der Waals surface area contributed by atoms with Crippen molar-refractivity contribution in [1.29, 1.82) is 0 Å². The molecule has 2 aliphatic heterocycles. The predicted molar refractivity (Wildman–Crippen MR) is 108 cm³/mol. The fourth-order valence-corrected chi connectivity index (χ4v) is 7.01. The lowest BCUT2D eigenvalue weighted by Gasteiger charge is -2.36. The molecule has 0 aromatic heterocycles. The molecule has 0 unspecified atom stereocenters. The van der Waals surface area contributed by atoms with Crippen molar-refractivity contribution in [1.82, 2.24) is 0 Å². The Balaban J connectivity index is 2.07. The summed E-state index contributed by atoms with van der Waals surface area (Å²) in [6, 6.07) is 4.35. The van der Waals surface area contributed by atoms with Gasteiger partial charge in [0.1, 0.15) is 27.9 Å². The van der Waals surface area contributed by atoms with Crippen molar-refractivity contribution >= 4 is 43.0 Å². The largest absolute Gasteiger partial charge is 0.560 e. The third kappa shape index (κ3) is 2.21. The van der Waals surface area contributed by atoms with Crippen molar-refractivity contribution in [2.75, 3.05) is 33.1 Å². The average molecular weight is 351 g/mol. The van der Waals surface area contributed by atoms with E-state index < -0.39 is 15.2 Å². The van der Waals surface area contributed by atoms with E-state index >= 15 is 0 Å². The van der Waals surface area contributed by atoms with Gasteiger partial charge < -0.3 is 14.6 Å². The molecule has 2 heterocycles. The van der Waals surface area contributed by atoms with Crippen molar-refractivity contribution < 1.29 is 14.3 Å². The topological polar surface area (TPSA) is 35.7 Å². The Labute approximate surface area is 150 Å². The van der Waals surface area contributed by atoms with Gasteiger partial charge in [0.25, 0.3) is 0 Å². The molecule has 3 aliphatic rings. The quantitative estimate of drug-likeness (QED) is 0.602. The van der Waals surface area contributed by atoms with Crippen molar-refractivity contribution in [3.05, 3.63) is 46.7 Å². The van der Waals surface area contributed by atoms with Crippen LogP contribution in [0.1, 0.15) is 5.56 Å². The molecule has 0 fully saturated rings. The predicted octanol–water partition coefficient (Wildman–Crippen LogP) is 0.859. The Morgan fingerprint density at radius 2 is 1.88 bits per heavy atom. The molecule has 0 saturated carbocycles. The highest BCUT2D eigenvalue weighted by molar-refractivity contribution is 6.98. The highest BCUT2D eigenvalue weighted by Crippen LogP contribution is 2.41. The highest BCUT2D eigenvalue weighted by Gasteiger charge is 2.47. The maximum absolute atomic E-state index is 10.5. The smallest absolute Gasteiger partial charge is 0.531 e. The van der Waals surface area contributed by atoms with Gasteiger partial charge in [-0.1, -0.05) is 13.1 Å². The molecule has 25 heavy (non-hydrogen) atoms. The summed E-state index contributed by atoms with van der Waals surface area (Å²) in [4.78, 5) is 2.09. The van der Waals surface area contributed by atoms with Crippen LogP contribution in [0.4, 0.5) is 5.69 Å². The zero-order valence-corrected chi connectivity index (χ0v) is 16.7. The third-order valence-electron chi connectivity index (χ3n) is 5.50. The zero-order valence-electron chi connectivity index (χ0n) is 15.7. The summed E-state index contributed by atoms with van der Waals surface area (Å²) in [6.45, 7) is 4.78. The summed E-state index contributed by atoms with van der Waals surface area (Å²) in [6.07, 6.45) is 6.58. The summed E-state index contributed by atoms with van der Waals surface area (Å²) in [5, 5.41) is 13.2. The van der Waals surface area contributed by atoms with E-state index in [0.29, 0.717) is 0 Å². The molecule has 6 heteroatoms. The molecule has 0 radical (unpaired) electrons. The van der Waals surface area contributed by atoms with Crippen LogP contribution in [-0.4, -0.2) is 58.7 Å². The van der Waals surface area contributed by atoms with Gasteiger partial charge in [0.2, 0.25) is 0 Å². The van der Waals surface area contributed by atoms with E-state index in [0.717, 1.165) is 28.0 Å². The van der Waals surface area contributed by atoms with Gasteiger partial charge in [-0.2, -0.15) is 0 Å². The fraction of sp³-hybridized carbons (Fsp3) is 0.316. The number of hydrogen-bond donors (Lipinski definition) is 1. The molecule has 4 rings (SSSR count). The van der Waals surface area contributed by atoms with E-state index in [4.69, 9.17) is 4.65 Å². The number of anilines is 1. The second-order valence-corrected chi connectivity index (χ2v) is 12.2. The van der Waals surface area contributed by atoms with Gasteiger partial charge in [-0.3, -0.25) is 0 Å². The van der Waals surface area contributed by atoms with Crippen molar-refractivity contribution in [3.8, 4) is 0 Å². The van der Waals surface area contributed by atoms with Crippen LogP contribution in [0.5, 0.6) is 0 Å². The van der Waals surface area contributed by atoms with Crippen molar-refractivity contribution in [3.63, 3.8) is 0 Å². The molecule has 0 saturated heterocycles. The zero-order chi connectivity index (χ0) is 18.1. The lowest BCUT2D eigenvalue weighted by atomic mass is 9.79. The van der Waals surface area contributed by atoms with Gasteiger partial charge in [-0.25, -0.2) is 4.58 Å². The van der Waals surface area contributed by atoms with Crippen LogP contribution in [-0.2, 0) is 4.65 Å². The Morgan fingerprint density at radius 3 is 2.52 bits per heavy atom. The minimum atomic E-state index is -1.91. The maximum atomic E-state index is 10.5. The van der Waals surface area contributed by atoms with Crippen LogP contribution in [0.15, 0.2) is 41.1 Å². The van der Waals surface area contributed by atoms with Gasteiger partial charge in [0, 0.05) is 48.5 Å². The van der Waals surface area contributed by atoms with Crippen LogP contribution in [0.25, 0.3) is 5.76 Å². The van der Waals surface area contributed by atoms with Crippen LogP contribution in [0, 0.1) is 0 Å². The average Bonchev–Trinajstić information content (AvgIpc) is 2.89. The lowest BCUT2D eigenvalue weighted by molar-refractivity contribution is -0.462. The Morgan fingerprint density at radius 1 is 1.16 bits per heavy atom. The number of fused-ring (bicyclic) bond motifs is 1. The summed E-state index contributed by atoms with van der Waals surface area (Å²) >= 11 is 0. The minimum Gasteiger partial charge on any atom is -0.531 e. The first-order valence-corrected chi connectivity index (χ1v) is 11.6. The van der Waals surface area contributed by atoms with E-state index in [1.807, 2.05) is 14.1 Å². The van der Waals surface area contributed by atoms with Crippen LogP contribution >= 0.6 is 0 Å². The standard InChI is InChI=1S/C19H24BN2O2Si/c1-21(2)12-7-8-14-16(10-12)25(5,6)17-11-13(22(3)4)9-15-18(17)19(14)24-20(15)23/h7-11,23H,1-6H3/q+1. The van der Waals surface area contributed by atoms with E-state index in [1.165, 1.54) is 16.1 Å². The Kier molecular flexibility index (Phi) is 3.43. The second kappa shape index (κ2) is 5.22. The van der Waals surface area contributed by atoms with Gasteiger partial charge in [0.05, 0.1) is 0 Å². The van der Waals surface area contributed by atoms with E-state index in [1.54, 1.807) is 0 Å². The number of hydrogen-bond acceptors (Lipinski definition) is 3. The number of allylic oxidation sites excluding steroid dienone is 5.